The first-order chi connectivity index (χ1) is 8.19. The molecule has 6 heteroatoms. The van der Waals surface area contributed by atoms with Gasteiger partial charge in [0.15, 0.2) is 0 Å². The number of nitrogens with two attached hydrogens (primary N) is 1. The van der Waals surface area contributed by atoms with E-state index in [2.05, 4.69) is 10.3 Å². The average Bonchev–Trinajstić information content (AvgIpc) is 2.28. The zero-order valence-electron chi connectivity index (χ0n) is 10.7. The Morgan fingerprint density at radius 2 is 1.94 bits per heavy atom. The highest BCUT2D eigenvalue weighted by Gasteiger charge is 2.31. The Labute approximate surface area is 105 Å². The van der Waals surface area contributed by atoms with Crippen molar-refractivity contribution in [2.75, 3.05) is 11.9 Å². The summed E-state index contributed by atoms with van der Waals surface area (Å²) < 4.78 is 37.1. The van der Waals surface area contributed by atoms with Gasteiger partial charge in [-0.3, -0.25) is 0 Å². The van der Waals surface area contributed by atoms with Gasteiger partial charge in [-0.05, 0) is 25.0 Å². The van der Waals surface area contributed by atoms with E-state index in [4.69, 9.17) is 5.73 Å². The molecule has 1 aromatic heterocycles. The molecule has 102 valence electrons. The second-order valence-electron chi connectivity index (χ2n) is 4.83. The summed E-state index contributed by atoms with van der Waals surface area (Å²) in [7, 11) is 0. The number of nitrogens with zero attached hydrogens (tertiary/aromatic N) is 1. The topological polar surface area (TPSA) is 50.9 Å². The molecule has 3 nitrogen and oxygen atoms in total. The maximum atomic E-state index is 12.4. The van der Waals surface area contributed by atoms with Crippen LogP contribution in [0, 0.1) is 5.92 Å². The van der Waals surface area contributed by atoms with E-state index in [0.29, 0.717) is 12.4 Å². The summed E-state index contributed by atoms with van der Waals surface area (Å²) in [6.07, 6.45) is -3.54. The van der Waals surface area contributed by atoms with Crippen LogP contribution in [0.25, 0.3) is 0 Å². The summed E-state index contributed by atoms with van der Waals surface area (Å²) in [5.41, 5.74) is 4.53. The van der Waals surface area contributed by atoms with Crippen LogP contribution in [0.5, 0.6) is 0 Å². The number of nitrogens with one attached hydrogen (secondary N) is 1. The molecule has 1 heterocycles. The Hall–Kier alpha value is -1.30. The molecule has 0 spiro atoms. The molecule has 0 aromatic carbocycles. The van der Waals surface area contributed by atoms with Gasteiger partial charge in [-0.15, -0.1) is 0 Å². The number of anilines is 1. The van der Waals surface area contributed by atoms with E-state index in [1.165, 1.54) is 6.07 Å². The molecular formula is C12H18F3N3. The van der Waals surface area contributed by atoms with E-state index in [0.717, 1.165) is 12.3 Å². The SMILES string of the molecule is CC(C)C(C)(CN)Nc1ccc(C(F)(F)F)cn1. The second-order valence-corrected chi connectivity index (χ2v) is 4.83. The normalized spacial score (nSPS) is 15.6. The van der Waals surface area contributed by atoms with Gasteiger partial charge in [0, 0.05) is 12.7 Å². The Morgan fingerprint density at radius 3 is 2.28 bits per heavy atom. The first-order valence-electron chi connectivity index (χ1n) is 5.70. The zero-order chi connectivity index (χ0) is 14.0. The van der Waals surface area contributed by atoms with Crippen molar-refractivity contribution in [1.29, 1.82) is 0 Å². The van der Waals surface area contributed by atoms with Crippen LogP contribution < -0.4 is 11.1 Å². The van der Waals surface area contributed by atoms with Gasteiger partial charge in [-0.25, -0.2) is 4.98 Å². The van der Waals surface area contributed by atoms with Gasteiger partial charge in [-0.1, -0.05) is 13.8 Å². The van der Waals surface area contributed by atoms with Crippen molar-refractivity contribution < 1.29 is 13.2 Å². The molecule has 0 bridgehead atoms. The first kappa shape index (κ1) is 14.8. The van der Waals surface area contributed by atoms with Gasteiger partial charge in [-0.2, -0.15) is 13.2 Å². The highest BCUT2D eigenvalue weighted by atomic mass is 19.4. The standard InChI is InChI=1S/C12H18F3N3/c1-8(2)11(3,7-16)18-10-5-4-9(6-17-10)12(13,14)15/h4-6,8H,7,16H2,1-3H3,(H,17,18). The molecule has 1 atom stereocenters. The smallest absolute Gasteiger partial charge is 0.363 e. The molecule has 0 aliphatic rings. The highest BCUT2D eigenvalue weighted by Crippen LogP contribution is 2.29. The van der Waals surface area contributed by atoms with Gasteiger partial charge in [0.25, 0.3) is 0 Å². The van der Waals surface area contributed by atoms with Crippen molar-refractivity contribution in [2.24, 2.45) is 11.7 Å². The predicted molar refractivity (Wildman–Crippen MR) is 65.2 cm³/mol. The predicted octanol–water partition coefficient (Wildman–Crippen LogP) is 2.89. The lowest BCUT2D eigenvalue weighted by Crippen LogP contribution is -2.47. The minimum Gasteiger partial charge on any atom is -0.363 e. The van der Waals surface area contributed by atoms with Crippen LogP contribution in [0.3, 0.4) is 0 Å². The lowest BCUT2D eigenvalue weighted by molar-refractivity contribution is -0.137. The average molecular weight is 261 g/mol. The van der Waals surface area contributed by atoms with Crippen LogP contribution in [-0.2, 0) is 6.18 Å². The first-order valence-corrected chi connectivity index (χ1v) is 5.70. The van der Waals surface area contributed by atoms with E-state index >= 15 is 0 Å². The fraction of sp³-hybridized carbons (Fsp3) is 0.583. The number of halogens is 3. The van der Waals surface area contributed by atoms with Crippen molar-refractivity contribution in [1.82, 2.24) is 4.98 Å². The summed E-state index contributed by atoms with van der Waals surface area (Å²) in [6.45, 7) is 6.26. The van der Waals surface area contributed by atoms with E-state index in [-0.39, 0.29) is 5.92 Å². The summed E-state index contributed by atoms with van der Waals surface area (Å²) in [5, 5.41) is 3.08. The molecule has 1 unspecified atom stereocenters. The van der Waals surface area contributed by atoms with Crippen LogP contribution in [0.4, 0.5) is 19.0 Å². The molecule has 3 N–H and O–H groups in total. The summed E-state index contributed by atoms with van der Waals surface area (Å²) in [4.78, 5) is 3.77. The Kier molecular flexibility index (Phi) is 4.21. The fourth-order valence-corrected chi connectivity index (χ4v) is 1.36. The molecule has 18 heavy (non-hydrogen) atoms. The maximum Gasteiger partial charge on any atom is 0.417 e. The number of rotatable bonds is 4. The van der Waals surface area contributed by atoms with Gasteiger partial charge < -0.3 is 11.1 Å². The number of alkyl halides is 3. The number of hydrogen-bond donors (Lipinski definition) is 2. The second kappa shape index (κ2) is 5.14. The monoisotopic (exact) mass is 261 g/mol. The summed E-state index contributed by atoms with van der Waals surface area (Å²) in [5.74, 6) is 0.622. The van der Waals surface area contributed by atoms with Crippen LogP contribution >= 0.6 is 0 Å². The van der Waals surface area contributed by atoms with Crippen LogP contribution in [0.15, 0.2) is 18.3 Å². The Balaban J connectivity index is 2.87. The van der Waals surface area contributed by atoms with E-state index in [1.807, 2.05) is 20.8 Å². The van der Waals surface area contributed by atoms with E-state index in [9.17, 15) is 13.2 Å². The fourth-order valence-electron chi connectivity index (χ4n) is 1.36. The third kappa shape index (κ3) is 3.35. The lowest BCUT2D eigenvalue weighted by atomic mass is 9.88. The van der Waals surface area contributed by atoms with Crippen LogP contribution in [0.2, 0.25) is 0 Å². The van der Waals surface area contributed by atoms with Gasteiger partial charge in [0.2, 0.25) is 0 Å². The lowest BCUT2D eigenvalue weighted by Gasteiger charge is -2.34. The van der Waals surface area contributed by atoms with Crippen molar-refractivity contribution in [2.45, 2.75) is 32.5 Å². The third-order valence-corrected chi connectivity index (χ3v) is 3.20. The van der Waals surface area contributed by atoms with Crippen molar-refractivity contribution >= 4 is 5.82 Å². The third-order valence-electron chi connectivity index (χ3n) is 3.20. The molecule has 0 aliphatic carbocycles. The molecule has 1 aromatic rings. The molecule has 0 saturated carbocycles. The Bertz CT molecular complexity index is 387. The minimum atomic E-state index is -4.36. The minimum absolute atomic E-state index is 0.228. The molecule has 0 amide bonds. The number of hydrogen-bond acceptors (Lipinski definition) is 3. The molecule has 0 radical (unpaired) electrons. The van der Waals surface area contributed by atoms with Crippen molar-refractivity contribution in [3.63, 3.8) is 0 Å². The van der Waals surface area contributed by atoms with Crippen LogP contribution in [0.1, 0.15) is 26.3 Å². The summed E-state index contributed by atoms with van der Waals surface area (Å²) in [6, 6.07) is 2.33. The molecule has 0 saturated heterocycles. The van der Waals surface area contributed by atoms with Gasteiger partial charge in [0.1, 0.15) is 5.82 Å². The van der Waals surface area contributed by atoms with Crippen LogP contribution in [-0.4, -0.2) is 17.1 Å². The van der Waals surface area contributed by atoms with Crippen molar-refractivity contribution in [3.8, 4) is 0 Å². The summed E-state index contributed by atoms with van der Waals surface area (Å²) >= 11 is 0. The highest BCUT2D eigenvalue weighted by molar-refractivity contribution is 5.39. The molecule has 0 aliphatic heterocycles. The molecular weight excluding hydrogens is 243 g/mol. The zero-order valence-corrected chi connectivity index (χ0v) is 10.7. The van der Waals surface area contributed by atoms with Gasteiger partial charge >= 0.3 is 6.18 Å². The van der Waals surface area contributed by atoms with Gasteiger partial charge in [0.05, 0.1) is 11.1 Å². The Morgan fingerprint density at radius 1 is 1.33 bits per heavy atom. The maximum absolute atomic E-state index is 12.4. The van der Waals surface area contributed by atoms with E-state index in [1.54, 1.807) is 0 Å². The quantitative estimate of drug-likeness (QED) is 0.876. The molecule has 0 fully saturated rings. The number of aromatic nitrogens is 1. The largest absolute Gasteiger partial charge is 0.417 e. The van der Waals surface area contributed by atoms with E-state index < -0.39 is 17.3 Å². The van der Waals surface area contributed by atoms with Crippen molar-refractivity contribution in [3.05, 3.63) is 23.9 Å². The molecule has 1 rings (SSSR count). The number of pyridine rings is 1.